The van der Waals surface area contributed by atoms with Gasteiger partial charge in [-0.25, -0.2) is 4.98 Å². The van der Waals surface area contributed by atoms with Crippen LogP contribution in [0.15, 0.2) is 30.3 Å². The summed E-state index contributed by atoms with van der Waals surface area (Å²) in [5.74, 6) is 1.90. The molecule has 0 atom stereocenters. The number of ether oxygens (including phenoxy) is 1. The van der Waals surface area contributed by atoms with Crippen molar-refractivity contribution in [2.45, 2.75) is 13.3 Å². The Morgan fingerprint density at radius 1 is 1.14 bits per heavy atom. The van der Waals surface area contributed by atoms with Crippen LogP contribution in [-0.4, -0.2) is 53.6 Å². The van der Waals surface area contributed by atoms with Crippen LogP contribution in [0.25, 0.3) is 0 Å². The molecule has 0 radical (unpaired) electrons. The van der Waals surface area contributed by atoms with E-state index in [1.165, 1.54) is 11.5 Å². The van der Waals surface area contributed by atoms with Gasteiger partial charge in [0.15, 0.2) is 0 Å². The van der Waals surface area contributed by atoms with Crippen LogP contribution in [0, 0.1) is 0 Å². The monoisotopic (exact) mass is 318 g/mol. The first kappa shape index (κ1) is 15.2. The smallest absolute Gasteiger partial charge is 0.205 e. The molecule has 1 aliphatic heterocycles. The van der Waals surface area contributed by atoms with Crippen LogP contribution in [0.4, 0.5) is 5.13 Å². The van der Waals surface area contributed by atoms with Gasteiger partial charge in [0.1, 0.15) is 18.2 Å². The number of anilines is 1. The average molecular weight is 318 g/mol. The summed E-state index contributed by atoms with van der Waals surface area (Å²) < 4.78 is 10.1. The fraction of sp³-hybridized carbons (Fsp3) is 0.500. The van der Waals surface area contributed by atoms with Gasteiger partial charge in [-0.05, 0) is 12.1 Å². The minimum Gasteiger partial charge on any atom is -0.492 e. The number of hydrogen-bond acceptors (Lipinski definition) is 6. The Labute approximate surface area is 135 Å². The van der Waals surface area contributed by atoms with Crippen molar-refractivity contribution >= 4 is 16.7 Å². The first-order valence-corrected chi connectivity index (χ1v) is 8.60. The van der Waals surface area contributed by atoms with Gasteiger partial charge in [-0.1, -0.05) is 25.1 Å². The summed E-state index contributed by atoms with van der Waals surface area (Å²) in [7, 11) is 0. The van der Waals surface area contributed by atoms with Crippen molar-refractivity contribution < 1.29 is 4.74 Å². The first-order chi connectivity index (χ1) is 10.8. The molecular weight excluding hydrogens is 296 g/mol. The molecule has 2 heterocycles. The zero-order valence-corrected chi connectivity index (χ0v) is 13.8. The zero-order chi connectivity index (χ0) is 15.2. The standard InChI is InChI=1S/C16H22N4OS/c1-2-15-17-16(22-18-15)20-10-8-19(9-11-20)12-13-21-14-6-4-3-5-7-14/h3-7H,2,8-13H2,1H3. The molecule has 118 valence electrons. The quantitative estimate of drug-likeness (QED) is 0.817. The number of piperazine rings is 1. The number of rotatable bonds is 6. The van der Waals surface area contributed by atoms with Gasteiger partial charge in [0.25, 0.3) is 0 Å². The number of hydrogen-bond donors (Lipinski definition) is 0. The third kappa shape index (κ3) is 3.96. The minimum absolute atomic E-state index is 0.739. The van der Waals surface area contributed by atoms with Crippen molar-refractivity contribution in [3.63, 3.8) is 0 Å². The van der Waals surface area contributed by atoms with Crippen molar-refractivity contribution in [1.82, 2.24) is 14.3 Å². The molecule has 0 aliphatic carbocycles. The van der Waals surface area contributed by atoms with Crippen molar-refractivity contribution in [1.29, 1.82) is 0 Å². The van der Waals surface area contributed by atoms with E-state index in [-0.39, 0.29) is 0 Å². The molecule has 1 fully saturated rings. The molecule has 3 rings (SSSR count). The number of aryl methyl sites for hydroxylation is 1. The number of nitrogens with zero attached hydrogens (tertiary/aromatic N) is 4. The maximum atomic E-state index is 5.76. The molecule has 0 unspecified atom stereocenters. The highest BCUT2D eigenvalue weighted by molar-refractivity contribution is 7.09. The Morgan fingerprint density at radius 3 is 2.59 bits per heavy atom. The third-order valence-corrected chi connectivity index (χ3v) is 4.65. The Bertz CT molecular complexity index is 567. The average Bonchev–Trinajstić information content (AvgIpc) is 3.06. The first-order valence-electron chi connectivity index (χ1n) is 7.83. The van der Waals surface area contributed by atoms with E-state index in [1.807, 2.05) is 30.3 Å². The van der Waals surface area contributed by atoms with Crippen molar-refractivity contribution in [3.05, 3.63) is 36.2 Å². The zero-order valence-electron chi connectivity index (χ0n) is 12.9. The van der Waals surface area contributed by atoms with Gasteiger partial charge in [-0.3, -0.25) is 4.90 Å². The maximum Gasteiger partial charge on any atom is 0.205 e. The number of benzene rings is 1. The van der Waals surface area contributed by atoms with Crippen LogP contribution in [0.2, 0.25) is 0 Å². The molecule has 0 spiro atoms. The molecule has 1 aromatic heterocycles. The van der Waals surface area contributed by atoms with Crippen LogP contribution in [0.5, 0.6) is 5.75 Å². The van der Waals surface area contributed by atoms with Gasteiger partial charge in [-0.2, -0.15) is 4.37 Å². The lowest BCUT2D eigenvalue weighted by molar-refractivity contribution is 0.200. The van der Waals surface area contributed by atoms with Gasteiger partial charge in [-0.15, -0.1) is 0 Å². The topological polar surface area (TPSA) is 41.5 Å². The Morgan fingerprint density at radius 2 is 1.91 bits per heavy atom. The van der Waals surface area contributed by atoms with Crippen molar-refractivity contribution in [2.75, 3.05) is 44.2 Å². The van der Waals surface area contributed by atoms with E-state index in [0.29, 0.717) is 0 Å². The lowest BCUT2D eigenvalue weighted by Gasteiger charge is -2.34. The normalized spacial score (nSPS) is 16.0. The number of aromatic nitrogens is 2. The maximum absolute atomic E-state index is 5.76. The molecule has 1 saturated heterocycles. The van der Waals surface area contributed by atoms with Gasteiger partial charge >= 0.3 is 0 Å². The Hall–Kier alpha value is -1.66. The molecule has 0 saturated carbocycles. The summed E-state index contributed by atoms with van der Waals surface area (Å²) in [5.41, 5.74) is 0. The van der Waals surface area contributed by atoms with E-state index >= 15 is 0 Å². The molecule has 0 N–H and O–H groups in total. The van der Waals surface area contributed by atoms with Gasteiger partial charge in [0, 0.05) is 50.7 Å². The summed E-state index contributed by atoms with van der Waals surface area (Å²) >= 11 is 1.52. The third-order valence-electron chi connectivity index (χ3n) is 3.84. The molecule has 0 amide bonds. The molecule has 2 aromatic rings. The second-order valence-electron chi connectivity index (χ2n) is 5.34. The Balaban J connectivity index is 1.40. The summed E-state index contributed by atoms with van der Waals surface area (Å²) in [6.45, 7) is 7.95. The van der Waals surface area contributed by atoms with E-state index < -0.39 is 0 Å². The van der Waals surface area contributed by atoms with E-state index in [4.69, 9.17) is 4.74 Å². The largest absolute Gasteiger partial charge is 0.492 e. The molecule has 6 heteroatoms. The number of para-hydroxylation sites is 1. The van der Waals surface area contributed by atoms with E-state index in [0.717, 1.165) is 62.5 Å². The van der Waals surface area contributed by atoms with Crippen molar-refractivity contribution in [3.8, 4) is 5.75 Å². The summed E-state index contributed by atoms with van der Waals surface area (Å²) in [5, 5.41) is 1.07. The van der Waals surface area contributed by atoms with Crippen LogP contribution in [-0.2, 0) is 6.42 Å². The molecule has 5 nitrogen and oxygen atoms in total. The second kappa shape index (κ2) is 7.56. The molecule has 1 aromatic carbocycles. The molecule has 0 bridgehead atoms. The van der Waals surface area contributed by atoms with Crippen molar-refractivity contribution in [2.24, 2.45) is 0 Å². The molecular formula is C16H22N4OS. The SMILES string of the molecule is CCc1nsc(N2CCN(CCOc3ccccc3)CC2)n1. The Kier molecular flexibility index (Phi) is 5.24. The van der Waals surface area contributed by atoms with Gasteiger partial charge in [0.2, 0.25) is 5.13 Å². The highest BCUT2D eigenvalue weighted by Gasteiger charge is 2.19. The predicted molar refractivity (Wildman–Crippen MR) is 89.9 cm³/mol. The van der Waals surface area contributed by atoms with Gasteiger partial charge in [0.05, 0.1) is 0 Å². The minimum atomic E-state index is 0.739. The predicted octanol–water partition coefficient (Wildman–Crippen LogP) is 2.30. The highest BCUT2D eigenvalue weighted by atomic mass is 32.1. The summed E-state index contributed by atoms with van der Waals surface area (Å²) in [6, 6.07) is 10.0. The molecule has 22 heavy (non-hydrogen) atoms. The molecule has 1 aliphatic rings. The van der Waals surface area contributed by atoms with Crippen LogP contribution in [0.3, 0.4) is 0 Å². The lowest BCUT2D eigenvalue weighted by atomic mass is 10.3. The van der Waals surface area contributed by atoms with Crippen LogP contribution < -0.4 is 9.64 Å². The van der Waals surface area contributed by atoms with Crippen LogP contribution >= 0.6 is 11.5 Å². The van der Waals surface area contributed by atoms with E-state index in [1.54, 1.807) is 0 Å². The van der Waals surface area contributed by atoms with Gasteiger partial charge < -0.3 is 9.64 Å². The fourth-order valence-electron chi connectivity index (χ4n) is 2.49. The summed E-state index contributed by atoms with van der Waals surface area (Å²) in [4.78, 5) is 9.35. The second-order valence-corrected chi connectivity index (χ2v) is 6.07. The summed E-state index contributed by atoms with van der Waals surface area (Å²) in [6.07, 6.45) is 0.910. The fourth-order valence-corrected chi connectivity index (χ4v) is 3.29. The highest BCUT2D eigenvalue weighted by Crippen LogP contribution is 2.19. The van der Waals surface area contributed by atoms with E-state index in [2.05, 4.69) is 26.1 Å². The lowest BCUT2D eigenvalue weighted by Crippen LogP contribution is -2.47. The van der Waals surface area contributed by atoms with Crippen LogP contribution in [0.1, 0.15) is 12.7 Å². The van der Waals surface area contributed by atoms with E-state index in [9.17, 15) is 0 Å².